The van der Waals surface area contributed by atoms with E-state index in [1.165, 1.54) is 32.4 Å². The molecule has 0 aliphatic carbocycles. The number of nitrogens with zero attached hydrogens (tertiary/aromatic N) is 1. The number of piperidine rings is 1. The summed E-state index contributed by atoms with van der Waals surface area (Å²) in [6.07, 6.45) is 5.13. The molecular weight excluding hydrogens is 360 g/mol. The van der Waals surface area contributed by atoms with E-state index in [0.717, 1.165) is 23.6 Å². The van der Waals surface area contributed by atoms with Crippen molar-refractivity contribution in [2.75, 3.05) is 37.7 Å². The molecule has 2 amide bonds. The number of nitrogens with two attached hydrogens (primary N) is 1. The smallest absolute Gasteiger partial charge is 0.253 e. The van der Waals surface area contributed by atoms with Crippen LogP contribution in [0.2, 0.25) is 0 Å². The lowest BCUT2D eigenvalue weighted by molar-refractivity contribution is -0.120. The van der Waals surface area contributed by atoms with Gasteiger partial charge in [-0.05, 0) is 76.7 Å². The molecule has 150 valence electrons. The van der Waals surface area contributed by atoms with Crippen LogP contribution in [-0.2, 0) is 4.79 Å². The first-order chi connectivity index (χ1) is 13.0. The number of hydrogen-bond donors (Lipinski definition) is 3. The van der Waals surface area contributed by atoms with Gasteiger partial charge >= 0.3 is 0 Å². The van der Waals surface area contributed by atoms with E-state index in [9.17, 15) is 9.59 Å². The predicted molar refractivity (Wildman–Crippen MR) is 112 cm³/mol. The fourth-order valence-electron chi connectivity index (χ4n) is 3.11. The topological polar surface area (TPSA) is 87.5 Å². The van der Waals surface area contributed by atoms with E-state index in [4.69, 9.17) is 5.73 Å². The molecule has 1 heterocycles. The summed E-state index contributed by atoms with van der Waals surface area (Å²) in [6, 6.07) is 5.57. The number of benzene rings is 1. The van der Waals surface area contributed by atoms with Crippen molar-refractivity contribution in [1.82, 2.24) is 15.5 Å². The van der Waals surface area contributed by atoms with Gasteiger partial charge in [-0.3, -0.25) is 9.59 Å². The van der Waals surface area contributed by atoms with Crippen LogP contribution in [0.25, 0.3) is 0 Å². The molecule has 0 spiro atoms. The van der Waals surface area contributed by atoms with E-state index in [1.807, 2.05) is 26.0 Å². The summed E-state index contributed by atoms with van der Waals surface area (Å²) >= 11 is 1.74. The van der Waals surface area contributed by atoms with Gasteiger partial charge in [0.05, 0.1) is 12.1 Å². The minimum atomic E-state index is -0.317. The monoisotopic (exact) mass is 392 g/mol. The Kier molecular flexibility index (Phi) is 8.94. The Morgan fingerprint density at radius 2 is 1.96 bits per heavy atom. The van der Waals surface area contributed by atoms with Crippen molar-refractivity contribution in [2.24, 2.45) is 0 Å². The van der Waals surface area contributed by atoms with Crippen molar-refractivity contribution in [3.05, 3.63) is 23.8 Å². The third-order valence-corrected chi connectivity index (χ3v) is 5.54. The molecule has 1 aromatic rings. The number of rotatable bonds is 9. The van der Waals surface area contributed by atoms with E-state index in [1.54, 1.807) is 17.8 Å². The Morgan fingerprint density at radius 3 is 2.67 bits per heavy atom. The molecule has 1 aliphatic rings. The van der Waals surface area contributed by atoms with E-state index in [-0.39, 0.29) is 24.4 Å². The quantitative estimate of drug-likeness (QED) is 0.341. The molecule has 0 bridgehead atoms. The zero-order chi connectivity index (χ0) is 19.6. The maximum Gasteiger partial charge on any atom is 0.253 e. The summed E-state index contributed by atoms with van der Waals surface area (Å²) in [5.74, 6) is 0.487. The van der Waals surface area contributed by atoms with E-state index in [2.05, 4.69) is 15.5 Å². The van der Waals surface area contributed by atoms with Crippen LogP contribution in [0.5, 0.6) is 0 Å². The van der Waals surface area contributed by atoms with E-state index in [0.29, 0.717) is 11.3 Å². The molecule has 0 atom stereocenters. The Morgan fingerprint density at radius 1 is 1.22 bits per heavy atom. The third-order valence-electron chi connectivity index (χ3n) is 4.46. The summed E-state index contributed by atoms with van der Waals surface area (Å²) in [5.41, 5.74) is 6.80. The number of carbonyl (C=O) groups excluding carboxylic acids is 2. The van der Waals surface area contributed by atoms with Gasteiger partial charge in [-0.25, -0.2) is 0 Å². The van der Waals surface area contributed by atoms with Gasteiger partial charge in [0.2, 0.25) is 5.91 Å². The van der Waals surface area contributed by atoms with Crippen molar-refractivity contribution >= 4 is 29.3 Å². The van der Waals surface area contributed by atoms with Crippen molar-refractivity contribution in [1.29, 1.82) is 0 Å². The van der Waals surface area contributed by atoms with Gasteiger partial charge in [0.15, 0.2) is 0 Å². The van der Waals surface area contributed by atoms with Crippen LogP contribution in [0.15, 0.2) is 23.1 Å². The minimum Gasteiger partial charge on any atom is -0.398 e. The van der Waals surface area contributed by atoms with Gasteiger partial charge in [-0.2, -0.15) is 0 Å². The van der Waals surface area contributed by atoms with Crippen LogP contribution in [-0.4, -0.2) is 54.7 Å². The van der Waals surface area contributed by atoms with Gasteiger partial charge in [0.1, 0.15) is 0 Å². The Balaban J connectivity index is 1.79. The summed E-state index contributed by atoms with van der Waals surface area (Å²) < 4.78 is 0. The number of hydrogen-bond acceptors (Lipinski definition) is 5. The van der Waals surface area contributed by atoms with Crippen LogP contribution >= 0.6 is 11.8 Å². The maximum atomic E-state index is 12.4. The number of nitrogens with one attached hydrogen (secondary N) is 2. The van der Waals surface area contributed by atoms with Crippen molar-refractivity contribution in [3.63, 3.8) is 0 Å². The molecule has 27 heavy (non-hydrogen) atoms. The molecule has 0 aromatic heterocycles. The van der Waals surface area contributed by atoms with Crippen molar-refractivity contribution < 1.29 is 9.59 Å². The van der Waals surface area contributed by atoms with E-state index < -0.39 is 0 Å². The standard InChI is InChI=1S/C20H32N4O2S/c1-15(2)23-19(25)14-22-20(26)17-13-16(7-8-18(17)21)27-12-6-11-24-9-4-3-5-10-24/h7-8,13,15H,3-6,9-12,14,21H2,1-2H3,(H,22,26)(H,23,25). The fraction of sp³-hybridized carbons (Fsp3) is 0.600. The highest BCUT2D eigenvalue weighted by Gasteiger charge is 2.13. The minimum absolute atomic E-state index is 0.0455. The molecule has 1 aliphatic heterocycles. The molecule has 4 N–H and O–H groups in total. The summed E-state index contributed by atoms with van der Waals surface area (Å²) in [6.45, 7) is 7.29. The largest absolute Gasteiger partial charge is 0.398 e. The highest BCUT2D eigenvalue weighted by molar-refractivity contribution is 7.99. The van der Waals surface area contributed by atoms with Crippen LogP contribution in [0.1, 0.15) is 49.9 Å². The Labute approximate surface area is 166 Å². The average Bonchev–Trinajstić information content (AvgIpc) is 2.65. The first-order valence-corrected chi connectivity index (χ1v) is 10.8. The number of amides is 2. The summed E-state index contributed by atoms with van der Waals surface area (Å²) in [5, 5.41) is 5.38. The first-order valence-electron chi connectivity index (χ1n) is 9.78. The third kappa shape index (κ3) is 7.81. The molecule has 0 unspecified atom stereocenters. The Bertz CT molecular complexity index is 630. The average molecular weight is 393 g/mol. The number of anilines is 1. The van der Waals surface area contributed by atoms with Crippen molar-refractivity contribution in [2.45, 2.75) is 50.5 Å². The number of carbonyl (C=O) groups is 2. The maximum absolute atomic E-state index is 12.4. The Hall–Kier alpha value is -1.73. The van der Waals surface area contributed by atoms with Gasteiger partial charge in [-0.15, -0.1) is 11.8 Å². The van der Waals surface area contributed by atoms with Crippen LogP contribution in [0, 0.1) is 0 Å². The molecule has 2 rings (SSSR count). The molecule has 1 saturated heterocycles. The number of nitrogen functional groups attached to an aromatic ring is 1. The van der Waals surface area contributed by atoms with E-state index >= 15 is 0 Å². The predicted octanol–water partition coefficient (Wildman–Crippen LogP) is 2.49. The molecular formula is C20H32N4O2S. The second-order valence-corrected chi connectivity index (χ2v) is 8.43. The van der Waals surface area contributed by atoms with Crippen LogP contribution in [0.4, 0.5) is 5.69 Å². The molecule has 1 aromatic carbocycles. The van der Waals surface area contributed by atoms with Gasteiger partial charge in [0, 0.05) is 16.6 Å². The second kappa shape index (κ2) is 11.2. The molecule has 6 nitrogen and oxygen atoms in total. The SMILES string of the molecule is CC(C)NC(=O)CNC(=O)c1cc(SCCCN2CCCCC2)ccc1N. The lowest BCUT2D eigenvalue weighted by Gasteiger charge is -2.26. The molecule has 0 radical (unpaired) electrons. The number of thioether (sulfide) groups is 1. The lowest BCUT2D eigenvalue weighted by Crippen LogP contribution is -2.39. The van der Waals surface area contributed by atoms with Crippen LogP contribution < -0.4 is 16.4 Å². The number of likely N-dealkylation sites (tertiary alicyclic amines) is 1. The highest BCUT2D eigenvalue weighted by Crippen LogP contribution is 2.24. The fourth-order valence-corrected chi connectivity index (χ4v) is 3.99. The molecule has 7 heteroatoms. The first kappa shape index (κ1) is 21.6. The second-order valence-electron chi connectivity index (χ2n) is 7.26. The van der Waals surface area contributed by atoms with Gasteiger partial charge in [0.25, 0.3) is 5.91 Å². The molecule has 0 saturated carbocycles. The summed E-state index contributed by atoms with van der Waals surface area (Å²) in [7, 11) is 0. The van der Waals surface area contributed by atoms with Gasteiger partial charge < -0.3 is 21.3 Å². The summed E-state index contributed by atoms with van der Waals surface area (Å²) in [4.78, 5) is 27.6. The lowest BCUT2D eigenvalue weighted by atomic mass is 10.1. The van der Waals surface area contributed by atoms with Crippen LogP contribution in [0.3, 0.4) is 0 Å². The normalized spacial score (nSPS) is 14.9. The zero-order valence-corrected chi connectivity index (χ0v) is 17.2. The molecule has 1 fully saturated rings. The zero-order valence-electron chi connectivity index (χ0n) is 16.4. The van der Waals surface area contributed by atoms with Crippen molar-refractivity contribution in [3.8, 4) is 0 Å². The highest BCUT2D eigenvalue weighted by atomic mass is 32.2. The van der Waals surface area contributed by atoms with Gasteiger partial charge in [-0.1, -0.05) is 6.42 Å².